The summed E-state index contributed by atoms with van der Waals surface area (Å²) >= 11 is 6.03. The lowest BCUT2D eigenvalue weighted by molar-refractivity contribution is -0.154. The van der Waals surface area contributed by atoms with Crippen molar-refractivity contribution in [3.63, 3.8) is 0 Å². The van der Waals surface area contributed by atoms with Crippen LogP contribution in [0.4, 0.5) is 30.8 Å². The molecule has 0 radical (unpaired) electrons. The molecule has 1 saturated heterocycles. The molecule has 3 aromatic rings. The highest BCUT2D eigenvalue weighted by molar-refractivity contribution is 7.85. The Bertz CT molecular complexity index is 1620. The summed E-state index contributed by atoms with van der Waals surface area (Å²) in [6.45, 7) is 4.48. The zero-order valence-electron chi connectivity index (χ0n) is 25.4. The molecular formula is C31H35ClF3N7O3S. The van der Waals surface area contributed by atoms with Gasteiger partial charge in [0.1, 0.15) is 11.0 Å². The van der Waals surface area contributed by atoms with Crippen LogP contribution in [0, 0.1) is 0 Å². The van der Waals surface area contributed by atoms with Crippen molar-refractivity contribution in [1.29, 1.82) is 0 Å². The Balaban J connectivity index is 1.13. The molecule has 0 spiro atoms. The summed E-state index contributed by atoms with van der Waals surface area (Å²) in [5, 5.41) is 6.75. The summed E-state index contributed by atoms with van der Waals surface area (Å²) in [7, 11) is -1.54. The molecule has 6 rings (SSSR count). The van der Waals surface area contributed by atoms with E-state index in [9.17, 15) is 22.2 Å². The molecule has 1 aromatic heterocycles. The Labute approximate surface area is 272 Å². The molecule has 0 bridgehead atoms. The van der Waals surface area contributed by atoms with E-state index < -0.39 is 46.0 Å². The third-order valence-corrected chi connectivity index (χ3v) is 10.8. The standard InChI is InChI=1S/C31H35ClF3N7O3S/c1-28(2)12-3-17-42(28)18-29(13-14-29)46(44)41-24(43)20-4-10-23(11-5-20)36-25-37-26(39-27(38-25)45-19-31(33,34)35)40-30(15-16-30)21-6-8-22(32)9-7-21/h4-11H,3,12-19H2,1-2H3,(H,41,43)(H2,36,37,38,39,40). The van der Waals surface area contributed by atoms with Crippen LogP contribution in [-0.4, -0.2) is 66.1 Å². The molecule has 3 N–H and O–H groups in total. The number of nitrogens with one attached hydrogen (secondary N) is 3. The van der Waals surface area contributed by atoms with Crippen LogP contribution >= 0.6 is 11.6 Å². The van der Waals surface area contributed by atoms with Gasteiger partial charge in [-0.2, -0.15) is 28.1 Å². The van der Waals surface area contributed by atoms with Crippen LogP contribution in [0.1, 0.15) is 68.3 Å². The van der Waals surface area contributed by atoms with Gasteiger partial charge in [0.15, 0.2) is 6.61 Å². The number of benzene rings is 2. The largest absolute Gasteiger partial charge is 0.454 e. The normalized spacial score (nSPS) is 20.0. The highest BCUT2D eigenvalue weighted by Gasteiger charge is 2.52. The Morgan fingerprint density at radius 3 is 2.24 bits per heavy atom. The first kappa shape index (κ1) is 32.5. The molecule has 246 valence electrons. The first-order chi connectivity index (χ1) is 21.7. The lowest BCUT2D eigenvalue weighted by Crippen LogP contribution is -2.47. The van der Waals surface area contributed by atoms with Crippen molar-refractivity contribution >= 4 is 46.1 Å². The number of aromatic nitrogens is 3. The van der Waals surface area contributed by atoms with Gasteiger partial charge in [-0.15, -0.1) is 0 Å². The molecule has 3 aliphatic rings. The Morgan fingerprint density at radius 2 is 1.65 bits per heavy atom. The average Bonchev–Trinajstić information content (AvgIpc) is 3.92. The SMILES string of the molecule is CC1(C)CCCN1CC1(S(=O)NC(=O)c2ccc(Nc3nc(NC4(c5ccc(Cl)cc5)CC4)nc(OCC(F)(F)F)n3)cc2)CC1. The van der Waals surface area contributed by atoms with Gasteiger partial charge in [0.2, 0.25) is 11.9 Å². The van der Waals surface area contributed by atoms with Crippen molar-refractivity contribution in [2.45, 2.75) is 74.4 Å². The number of anilines is 3. The van der Waals surface area contributed by atoms with E-state index in [4.69, 9.17) is 16.3 Å². The number of ether oxygens (including phenoxy) is 1. The monoisotopic (exact) mass is 677 g/mol. The fraction of sp³-hybridized carbons (Fsp3) is 0.484. The predicted molar refractivity (Wildman–Crippen MR) is 170 cm³/mol. The van der Waals surface area contributed by atoms with Crippen molar-refractivity contribution in [1.82, 2.24) is 24.6 Å². The van der Waals surface area contributed by atoms with Gasteiger partial charge in [-0.05, 0) is 101 Å². The molecule has 1 aliphatic heterocycles. The summed E-state index contributed by atoms with van der Waals surface area (Å²) < 4.78 is 59.0. The van der Waals surface area contributed by atoms with Gasteiger partial charge in [0, 0.05) is 28.4 Å². The van der Waals surface area contributed by atoms with E-state index in [-0.39, 0.29) is 17.4 Å². The van der Waals surface area contributed by atoms with Gasteiger partial charge in [-0.1, -0.05) is 23.7 Å². The molecule has 46 heavy (non-hydrogen) atoms. The highest BCUT2D eigenvalue weighted by Crippen LogP contribution is 2.48. The maximum Gasteiger partial charge on any atom is 0.422 e. The summed E-state index contributed by atoms with van der Waals surface area (Å²) in [5.74, 6) is -0.476. The summed E-state index contributed by atoms with van der Waals surface area (Å²) in [6.07, 6.45) is 0.731. The smallest absolute Gasteiger partial charge is 0.422 e. The number of amides is 1. The quantitative estimate of drug-likeness (QED) is 0.208. The van der Waals surface area contributed by atoms with Crippen LogP contribution in [0.15, 0.2) is 48.5 Å². The van der Waals surface area contributed by atoms with E-state index in [1.54, 1.807) is 36.4 Å². The van der Waals surface area contributed by atoms with E-state index in [0.717, 1.165) is 50.6 Å². The van der Waals surface area contributed by atoms with E-state index in [2.05, 4.69) is 49.1 Å². The number of nitrogens with zero attached hydrogens (tertiary/aromatic N) is 4. The van der Waals surface area contributed by atoms with Gasteiger partial charge < -0.3 is 15.4 Å². The first-order valence-electron chi connectivity index (χ1n) is 15.1. The average molecular weight is 678 g/mol. The molecule has 10 nitrogen and oxygen atoms in total. The first-order valence-corrected chi connectivity index (χ1v) is 16.6. The number of hydrogen-bond donors (Lipinski definition) is 3. The molecule has 1 atom stereocenters. The maximum atomic E-state index is 13.2. The molecule has 2 saturated carbocycles. The fourth-order valence-corrected chi connectivity index (χ4v) is 7.08. The maximum absolute atomic E-state index is 13.2. The number of alkyl halides is 3. The number of likely N-dealkylation sites (tertiary alicyclic amines) is 1. The molecule has 2 heterocycles. The van der Waals surface area contributed by atoms with Gasteiger partial charge >= 0.3 is 12.2 Å². The molecule has 15 heteroatoms. The Kier molecular flexibility index (Phi) is 8.66. The van der Waals surface area contributed by atoms with Crippen molar-refractivity contribution in [2.75, 3.05) is 30.3 Å². The number of halogens is 4. The summed E-state index contributed by atoms with van der Waals surface area (Å²) in [4.78, 5) is 27.8. The van der Waals surface area contributed by atoms with E-state index in [0.29, 0.717) is 22.8 Å². The Hall–Kier alpha value is -3.49. The second kappa shape index (κ2) is 12.3. The lowest BCUT2D eigenvalue weighted by atomic mass is 10.0. The molecule has 1 unspecified atom stereocenters. The molecule has 2 aromatic carbocycles. The minimum Gasteiger partial charge on any atom is -0.454 e. The van der Waals surface area contributed by atoms with Gasteiger partial charge in [-0.3, -0.25) is 14.4 Å². The number of carbonyl (C=O) groups excluding carboxylic acids is 1. The summed E-state index contributed by atoms with van der Waals surface area (Å²) in [6, 6.07) is 13.1. The van der Waals surface area contributed by atoms with Crippen LogP contribution < -0.4 is 20.1 Å². The topological polar surface area (TPSA) is 121 Å². The minimum atomic E-state index is -4.58. The van der Waals surface area contributed by atoms with Gasteiger partial charge in [-0.25, -0.2) is 4.21 Å². The molecule has 1 amide bonds. The van der Waals surface area contributed by atoms with E-state index in [1.165, 1.54) is 0 Å². The lowest BCUT2D eigenvalue weighted by Gasteiger charge is -2.34. The fourth-order valence-electron chi connectivity index (χ4n) is 5.70. The van der Waals surface area contributed by atoms with Crippen molar-refractivity contribution in [3.05, 3.63) is 64.7 Å². The number of carbonyl (C=O) groups is 1. The van der Waals surface area contributed by atoms with Gasteiger partial charge in [0.05, 0.1) is 10.3 Å². The van der Waals surface area contributed by atoms with Crippen LogP contribution in [0.3, 0.4) is 0 Å². The van der Waals surface area contributed by atoms with Crippen LogP contribution in [0.5, 0.6) is 6.01 Å². The van der Waals surface area contributed by atoms with Crippen LogP contribution in [-0.2, 0) is 16.5 Å². The zero-order chi connectivity index (χ0) is 32.7. The highest BCUT2D eigenvalue weighted by atomic mass is 35.5. The van der Waals surface area contributed by atoms with Crippen molar-refractivity contribution in [2.24, 2.45) is 0 Å². The third-order valence-electron chi connectivity index (χ3n) is 8.82. The van der Waals surface area contributed by atoms with Crippen LogP contribution in [0.2, 0.25) is 5.02 Å². The van der Waals surface area contributed by atoms with Crippen molar-refractivity contribution in [3.8, 4) is 6.01 Å². The van der Waals surface area contributed by atoms with Crippen LogP contribution in [0.25, 0.3) is 0 Å². The third kappa shape index (κ3) is 7.55. The summed E-state index contributed by atoms with van der Waals surface area (Å²) in [5.41, 5.74) is 1.27. The van der Waals surface area contributed by atoms with E-state index >= 15 is 0 Å². The molecular weight excluding hydrogens is 643 g/mol. The number of hydrogen-bond acceptors (Lipinski definition) is 9. The molecule has 2 aliphatic carbocycles. The zero-order valence-corrected chi connectivity index (χ0v) is 27.0. The Morgan fingerprint density at radius 1 is 0.978 bits per heavy atom. The minimum absolute atomic E-state index is 0.0342. The van der Waals surface area contributed by atoms with Crippen molar-refractivity contribution < 1.29 is 26.9 Å². The van der Waals surface area contributed by atoms with E-state index in [1.807, 2.05) is 12.1 Å². The second-order valence-corrected chi connectivity index (χ2v) is 14.8. The predicted octanol–water partition coefficient (Wildman–Crippen LogP) is 6.11. The van der Waals surface area contributed by atoms with Gasteiger partial charge in [0.25, 0.3) is 5.91 Å². The second-order valence-electron chi connectivity index (χ2n) is 12.8. The number of rotatable bonds is 12. The molecule has 3 fully saturated rings.